The average Bonchev–Trinajstić information content (AvgIpc) is 2.88. The maximum atomic E-state index is 5.37. The third-order valence-corrected chi connectivity index (χ3v) is 3.68. The van der Waals surface area contributed by atoms with Gasteiger partial charge < -0.3 is 14.6 Å². The molecule has 0 radical (unpaired) electrons. The molecule has 3 heterocycles. The standard InChI is InChI=1S/C13H19N5O2/c1-9(18-3-5-19-6-4-18)7-14-12-11-10(2)17-20-13(11)16-8-15-12/h8-9H,3-7H2,1-2H3,(H,14,15,16)/t9-/m1/s1. The lowest BCUT2D eigenvalue weighted by molar-refractivity contribution is 0.0227. The van der Waals surface area contributed by atoms with Crippen LogP contribution in [0.25, 0.3) is 11.1 Å². The van der Waals surface area contributed by atoms with E-state index in [1.54, 1.807) is 0 Å². The van der Waals surface area contributed by atoms with Crippen LogP contribution in [0.15, 0.2) is 10.9 Å². The summed E-state index contributed by atoms with van der Waals surface area (Å²) in [6, 6.07) is 0.420. The number of ether oxygens (including phenoxy) is 1. The van der Waals surface area contributed by atoms with Crippen LogP contribution in [0.3, 0.4) is 0 Å². The van der Waals surface area contributed by atoms with Crippen molar-refractivity contribution >= 4 is 16.9 Å². The molecule has 1 atom stereocenters. The van der Waals surface area contributed by atoms with Crippen LogP contribution in [0.5, 0.6) is 0 Å². The Morgan fingerprint density at radius 1 is 1.35 bits per heavy atom. The Balaban J connectivity index is 1.68. The third kappa shape index (κ3) is 2.59. The fourth-order valence-corrected chi connectivity index (χ4v) is 2.45. The molecule has 0 amide bonds. The summed E-state index contributed by atoms with van der Waals surface area (Å²) in [4.78, 5) is 10.8. The van der Waals surface area contributed by atoms with Crippen molar-refractivity contribution in [3.63, 3.8) is 0 Å². The number of morpholine rings is 1. The van der Waals surface area contributed by atoms with Gasteiger partial charge in [0.15, 0.2) is 0 Å². The normalized spacial score (nSPS) is 18.3. The van der Waals surface area contributed by atoms with E-state index in [4.69, 9.17) is 9.26 Å². The van der Waals surface area contributed by atoms with Crippen LogP contribution in [0.2, 0.25) is 0 Å². The summed E-state index contributed by atoms with van der Waals surface area (Å²) < 4.78 is 10.5. The lowest BCUT2D eigenvalue weighted by Gasteiger charge is -2.32. The van der Waals surface area contributed by atoms with Crippen LogP contribution in [-0.2, 0) is 4.74 Å². The van der Waals surface area contributed by atoms with Gasteiger partial charge >= 0.3 is 0 Å². The smallest absolute Gasteiger partial charge is 0.263 e. The van der Waals surface area contributed by atoms with E-state index >= 15 is 0 Å². The summed E-state index contributed by atoms with van der Waals surface area (Å²) in [6.07, 6.45) is 1.49. The van der Waals surface area contributed by atoms with Crippen molar-refractivity contribution in [3.8, 4) is 0 Å². The number of nitrogens with zero attached hydrogens (tertiary/aromatic N) is 4. The maximum Gasteiger partial charge on any atom is 0.263 e. The Bertz CT molecular complexity index is 579. The number of hydrogen-bond acceptors (Lipinski definition) is 7. The summed E-state index contributed by atoms with van der Waals surface area (Å²) in [5.74, 6) is 0.786. The van der Waals surface area contributed by atoms with Gasteiger partial charge in [0.25, 0.3) is 5.71 Å². The first-order valence-corrected chi connectivity index (χ1v) is 6.88. The molecule has 2 aromatic heterocycles. The lowest BCUT2D eigenvalue weighted by atomic mass is 10.2. The van der Waals surface area contributed by atoms with Gasteiger partial charge in [-0.2, -0.15) is 4.98 Å². The molecule has 1 fully saturated rings. The van der Waals surface area contributed by atoms with Crippen molar-refractivity contribution in [1.82, 2.24) is 20.0 Å². The minimum absolute atomic E-state index is 0.420. The molecule has 0 spiro atoms. The monoisotopic (exact) mass is 277 g/mol. The zero-order valence-corrected chi connectivity index (χ0v) is 11.8. The highest BCUT2D eigenvalue weighted by atomic mass is 16.5. The highest BCUT2D eigenvalue weighted by molar-refractivity contribution is 5.87. The highest BCUT2D eigenvalue weighted by Gasteiger charge is 2.18. The van der Waals surface area contributed by atoms with E-state index in [2.05, 4.69) is 32.3 Å². The predicted octanol–water partition coefficient (Wildman–Crippen LogP) is 1.06. The number of hydrogen-bond donors (Lipinski definition) is 1. The van der Waals surface area contributed by atoms with E-state index in [1.165, 1.54) is 6.33 Å². The van der Waals surface area contributed by atoms with Gasteiger partial charge in [-0.1, -0.05) is 5.16 Å². The molecule has 3 rings (SSSR count). The average molecular weight is 277 g/mol. The molecule has 1 N–H and O–H groups in total. The molecule has 7 heteroatoms. The van der Waals surface area contributed by atoms with Crippen LogP contribution in [0.4, 0.5) is 5.82 Å². The zero-order chi connectivity index (χ0) is 13.9. The van der Waals surface area contributed by atoms with Crippen molar-refractivity contribution in [3.05, 3.63) is 12.0 Å². The molecule has 20 heavy (non-hydrogen) atoms. The number of anilines is 1. The largest absolute Gasteiger partial charge is 0.379 e. The highest BCUT2D eigenvalue weighted by Crippen LogP contribution is 2.22. The molecule has 0 unspecified atom stereocenters. The van der Waals surface area contributed by atoms with Gasteiger partial charge in [0, 0.05) is 25.7 Å². The third-order valence-electron chi connectivity index (χ3n) is 3.68. The minimum Gasteiger partial charge on any atom is -0.379 e. The number of nitrogens with one attached hydrogen (secondary N) is 1. The van der Waals surface area contributed by atoms with Gasteiger partial charge in [-0.25, -0.2) is 4.98 Å². The summed E-state index contributed by atoms with van der Waals surface area (Å²) >= 11 is 0. The molecular formula is C13H19N5O2. The Morgan fingerprint density at radius 2 is 2.15 bits per heavy atom. The van der Waals surface area contributed by atoms with Gasteiger partial charge in [0.05, 0.1) is 18.9 Å². The molecule has 0 saturated carbocycles. The molecule has 108 valence electrons. The molecule has 1 saturated heterocycles. The quantitative estimate of drug-likeness (QED) is 0.895. The van der Waals surface area contributed by atoms with Gasteiger partial charge in [0.1, 0.15) is 17.5 Å². The fraction of sp³-hybridized carbons (Fsp3) is 0.615. The minimum atomic E-state index is 0.420. The van der Waals surface area contributed by atoms with Gasteiger partial charge in [-0.05, 0) is 13.8 Å². The van der Waals surface area contributed by atoms with E-state index in [9.17, 15) is 0 Å². The number of fused-ring (bicyclic) bond motifs is 1. The molecule has 1 aliphatic heterocycles. The zero-order valence-electron chi connectivity index (χ0n) is 11.8. The summed E-state index contributed by atoms with van der Waals surface area (Å²) in [7, 11) is 0. The van der Waals surface area contributed by atoms with Gasteiger partial charge in [-0.15, -0.1) is 0 Å². The number of aromatic nitrogens is 3. The van der Waals surface area contributed by atoms with E-state index in [1.807, 2.05) is 6.92 Å². The second-order valence-electron chi connectivity index (χ2n) is 5.05. The van der Waals surface area contributed by atoms with Crippen LogP contribution in [0.1, 0.15) is 12.6 Å². The number of aryl methyl sites for hydroxylation is 1. The molecule has 2 aromatic rings. The molecule has 0 aromatic carbocycles. The van der Waals surface area contributed by atoms with Crippen molar-refractivity contribution < 1.29 is 9.26 Å². The van der Waals surface area contributed by atoms with Crippen LogP contribution >= 0.6 is 0 Å². The van der Waals surface area contributed by atoms with E-state index in [0.29, 0.717) is 11.8 Å². The summed E-state index contributed by atoms with van der Waals surface area (Å²) in [5, 5.41) is 8.17. The molecular weight excluding hydrogens is 258 g/mol. The van der Waals surface area contributed by atoms with Crippen molar-refractivity contribution in [2.75, 3.05) is 38.2 Å². The van der Waals surface area contributed by atoms with E-state index in [0.717, 1.165) is 49.7 Å². The molecule has 7 nitrogen and oxygen atoms in total. The summed E-state index contributed by atoms with van der Waals surface area (Å²) in [5.41, 5.74) is 1.33. The Morgan fingerprint density at radius 3 is 2.95 bits per heavy atom. The van der Waals surface area contributed by atoms with Gasteiger partial charge in [-0.3, -0.25) is 4.90 Å². The first-order valence-electron chi connectivity index (χ1n) is 6.88. The van der Waals surface area contributed by atoms with E-state index in [-0.39, 0.29) is 0 Å². The topological polar surface area (TPSA) is 76.3 Å². The van der Waals surface area contributed by atoms with Crippen LogP contribution in [-0.4, -0.2) is 58.9 Å². The summed E-state index contributed by atoms with van der Waals surface area (Å²) in [6.45, 7) is 8.50. The SMILES string of the molecule is Cc1noc2ncnc(NC[C@@H](C)N3CCOCC3)c12. The second-order valence-corrected chi connectivity index (χ2v) is 5.05. The Kier molecular flexibility index (Phi) is 3.79. The van der Waals surface area contributed by atoms with Gasteiger partial charge in [0.2, 0.25) is 0 Å². The Hall–Kier alpha value is -1.73. The fourth-order valence-electron chi connectivity index (χ4n) is 2.45. The first-order chi connectivity index (χ1) is 9.75. The van der Waals surface area contributed by atoms with Crippen molar-refractivity contribution in [1.29, 1.82) is 0 Å². The van der Waals surface area contributed by atoms with Crippen LogP contribution < -0.4 is 5.32 Å². The lowest BCUT2D eigenvalue weighted by Crippen LogP contribution is -2.45. The van der Waals surface area contributed by atoms with Crippen molar-refractivity contribution in [2.24, 2.45) is 0 Å². The second kappa shape index (κ2) is 5.72. The first kappa shape index (κ1) is 13.3. The maximum absolute atomic E-state index is 5.37. The van der Waals surface area contributed by atoms with E-state index < -0.39 is 0 Å². The number of rotatable bonds is 4. The predicted molar refractivity (Wildman–Crippen MR) is 74.7 cm³/mol. The molecule has 0 aliphatic carbocycles. The van der Waals surface area contributed by atoms with Crippen LogP contribution in [0, 0.1) is 6.92 Å². The molecule has 1 aliphatic rings. The molecule has 0 bridgehead atoms. The van der Waals surface area contributed by atoms with Crippen molar-refractivity contribution in [2.45, 2.75) is 19.9 Å². The Labute approximate surface area is 117 Å².